The van der Waals surface area contributed by atoms with Gasteiger partial charge in [-0.2, -0.15) is 13.2 Å². The van der Waals surface area contributed by atoms with E-state index in [9.17, 15) is 13.2 Å². The van der Waals surface area contributed by atoms with Gasteiger partial charge in [-0.15, -0.1) is 0 Å². The Kier molecular flexibility index (Phi) is 8.01. The lowest BCUT2D eigenvalue weighted by atomic mass is 9.76. The molecule has 1 aliphatic rings. The Labute approximate surface area is 209 Å². The van der Waals surface area contributed by atoms with Gasteiger partial charge in [-0.3, -0.25) is 0 Å². The summed E-state index contributed by atoms with van der Waals surface area (Å²) in [5.74, 6) is -0.573. The van der Waals surface area contributed by atoms with Crippen LogP contribution in [0.4, 0.5) is 22.0 Å². The monoisotopic (exact) mass is 502 g/mol. The van der Waals surface area contributed by atoms with Gasteiger partial charge in [0.2, 0.25) is 0 Å². The highest BCUT2D eigenvalue weighted by molar-refractivity contribution is 5.71. The molecule has 1 fully saturated rings. The van der Waals surface area contributed by atoms with Gasteiger partial charge in [-0.05, 0) is 79.8 Å². The summed E-state index contributed by atoms with van der Waals surface area (Å²) in [7, 11) is 0. The molecule has 0 unspecified atom stereocenters. The minimum atomic E-state index is -4.44. The Bertz CT molecular complexity index is 1180. The fourth-order valence-corrected chi connectivity index (χ4v) is 5.21. The SMILES string of the molecule is CCCCC1CCC(c2c(F)cc(C)c(Oc3ccccc3-c3ccc(C(F)(F)F)cc3)c2F)CC1. The van der Waals surface area contributed by atoms with E-state index in [0.717, 1.165) is 50.7 Å². The Morgan fingerprint density at radius 1 is 0.917 bits per heavy atom. The number of aryl methyl sites for hydroxylation is 1. The van der Waals surface area contributed by atoms with Crippen molar-refractivity contribution in [2.75, 3.05) is 0 Å². The maximum atomic E-state index is 15.8. The molecule has 0 radical (unpaired) electrons. The first-order valence-electron chi connectivity index (χ1n) is 12.6. The summed E-state index contributed by atoms with van der Waals surface area (Å²) in [6, 6.07) is 12.8. The molecule has 1 saturated carbocycles. The highest BCUT2D eigenvalue weighted by Crippen LogP contribution is 2.44. The van der Waals surface area contributed by atoms with E-state index in [0.29, 0.717) is 28.4 Å². The lowest BCUT2D eigenvalue weighted by Crippen LogP contribution is -2.16. The second kappa shape index (κ2) is 11.0. The Morgan fingerprint density at radius 2 is 1.58 bits per heavy atom. The second-order valence-corrected chi connectivity index (χ2v) is 9.77. The van der Waals surface area contributed by atoms with E-state index in [-0.39, 0.29) is 17.2 Å². The van der Waals surface area contributed by atoms with Gasteiger partial charge in [0, 0.05) is 11.1 Å². The van der Waals surface area contributed by atoms with Crippen molar-refractivity contribution in [1.29, 1.82) is 0 Å². The Balaban J connectivity index is 1.62. The average molecular weight is 503 g/mol. The zero-order chi connectivity index (χ0) is 25.9. The fourth-order valence-electron chi connectivity index (χ4n) is 5.21. The fraction of sp³-hybridized carbons (Fsp3) is 0.400. The number of rotatable bonds is 7. The van der Waals surface area contributed by atoms with Crippen LogP contribution in [0, 0.1) is 24.5 Å². The van der Waals surface area contributed by atoms with E-state index in [1.807, 2.05) is 0 Å². The zero-order valence-corrected chi connectivity index (χ0v) is 20.6. The van der Waals surface area contributed by atoms with Gasteiger partial charge < -0.3 is 4.74 Å². The summed E-state index contributed by atoms with van der Waals surface area (Å²) in [6.07, 6.45) is 2.47. The van der Waals surface area contributed by atoms with Crippen molar-refractivity contribution in [2.24, 2.45) is 5.92 Å². The van der Waals surface area contributed by atoms with Crippen molar-refractivity contribution in [3.05, 3.63) is 82.9 Å². The number of hydrogen-bond donors (Lipinski definition) is 0. The highest BCUT2D eigenvalue weighted by atomic mass is 19.4. The third-order valence-corrected chi connectivity index (χ3v) is 7.24. The van der Waals surface area contributed by atoms with Crippen LogP contribution in [0.15, 0.2) is 54.6 Å². The summed E-state index contributed by atoms with van der Waals surface area (Å²) < 4.78 is 75.8. The Hall–Kier alpha value is -2.89. The molecule has 36 heavy (non-hydrogen) atoms. The van der Waals surface area contributed by atoms with E-state index in [1.54, 1.807) is 31.2 Å². The minimum absolute atomic E-state index is 0.0427. The molecule has 0 aromatic heterocycles. The van der Waals surface area contributed by atoms with Crippen LogP contribution in [0.25, 0.3) is 11.1 Å². The predicted molar refractivity (Wildman–Crippen MR) is 132 cm³/mol. The van der Waals surface area contributed by atoms with Crippen molar-refractivity contribution in [3.8, 4) is 22.6 Å². The Morgan fingerprint density at radius 3 is 2.22 bits per heavy atom. The van der Waals surface area contributed by atoms with Gasteiger partial charge in [0.1, 0.15) is 11.6 Å². The first-order chi connectivity index (χ1) is 17.2. The smallest absolute Gasteiger partial charge is 0.416 e. The van der Waals surface area contributed by atoms with Crippen molar-refractivity contribution in [3.63, 3.8) is 0 Å². The van der Waals surface area contributed by atoms with Gasteiger partial charge in [-0.1, -0.05) is 56.5 Å². The van der Waals surface area contributed by atoms with Crippen LogP contribution in [0.5, 0.6) is 11.5 Å². The molecule has 3 aromatic carbocycles. The molecule has 6 heteroatoms. The van der Waals surface area contributed by atoms with E-state index < -0.39 is 23.4 Å². The van der Waals surface area contributed by atoms with Gasteiger partial charge in [0.05, 0.1) is 5.56 Å². The maximum absolute atomic E-state index is 15.8. The minimum Gasteiger partial charge on any atom is -0.453 e. The molecule has 0 bridgehead atoms. The lowest BCUT2D eigenvalue weighted by molar-refractivity contribution is -0.137. The van der Waals surface area contributed by atoms with Crippen LogP contribution in [-0.4, -0.2) is 0 Å². The lowest BCUT2D eigenvalue weighted by Gasteiger charge is -2.29. The van der Waals surface area contributed by atoms with Crippen LogP contribution in [0.2, 0.25) is 0 Å². The van der Waals surface area contributed by atoms with Gasteiger partial charge in [-0.25, -0.2) is 8.78 Å². The van der Waals surface area contributed by atoms with Gasteiger partial charge >= 0.3 is 6.18 Å². The number of alkyl halides is 3. The molecule has 0 heterocycles. The molecule has 0 amide bonds. The molecule has 3 aromatic rings. The van der Waals surface area contributed by atoms with Crippen LogP contribution in [0.3, 0.4) is 0 Å². The predicted octanol–water partition coefficient (Wildman–Crippen LogP) is 10.2. The number of benzene rings is 3. The number of hydrogen-bond acceptors (Lipinski definition) is 1. The van der Waals surface area contributed by atoms with Crippen LogP contribution in [-0.2, 0) is 6.18 Å². The summed E-state index contributed by atoms with van der Waals surface area (Å²) in [4.78, 5) is 0. The molecular weight excluding hydrogens is 471 g/mol. The summed E-state index contributed by atoms with van der Waals surface area (Å²) >= 11 is 0. The van der Waals surface area contributed by atoms with Crippen molar-refractivity contribution in [2.45, 2.75) is 70.9 Å². The molecule has 192 valence electrons. The van der Waals surface area contributed by atoms with Crippen molar-refractivity contribution >= 4 is 0 Å². The van der Waals surface area contributed by atoms with E-state index in [4.69, 9.17) is 4.74 Å². The molecular formula is C30H31F5O. The maximum Gasteiger partial charge on any atom is 0.416 e. The standard InChI is InChI=1S/C30H31F5O/c1-3-4-7-20-10-12-22(13-11-20)27-25(31)18-19(2)29(28(27)32)36-26-9-6-5-8-24(26)21-14-16-23(17-15-21)30(33,34)35/h5-6,8-9,14-18,20,22H,3-4,7,10-13H2,1-2H3. The zero-order valence-electron chi connectivity index (χ0n) is 20.6. The molecule has 4 rings (SSSR count). The van der Waals surface area contributed by atoms with Crippen LogP contribution in [0.1, 0.15) is 74.5 Å². The normalized spacial score (nSPS) is 18.3. The molecule has 0 aliphatic heterocycles. The summed E-state index contributed by atoms with van der Waals surface area (Å²) in [6.45, 7) is 3.76. The van der Waals surface area contributed by atoms with E-state index in [2.05, 4.69) is 6.92 Å². The quantitative estimate of drug-likeness (QED) is 0.292. The van der Waals surface area contributed by atoms with E-state index in [1.165, 1.54) is 24.6 Å². The first-order valence-corrected chi connectivity index (χ1v) is 12.6. The summed E-state index contributed by atoms with van der Waals surface area (Å²) in [5, 5.41) is 0. The van der Waals surface area contributed by atoms with Gasteiger partial charge in [0.25, 0.3) is 0 Å². The van der Waals surface area contributed by atoms with Crippen LogP contribution >= 0.6 is 0 Å². The molecule has 0 spiro atoms. The van der Waals surface area contributed by atoms with Gasteiger partial charge in [0.15, 0.2) is 11.6 Å². The highest BCUT2D eigenvalue weighted by Gasteiger charge is 2.31. The molecule has 0 atom stereocenters. The molecule has 0 saturated heterocycles. The third-order valence-electron chi connectivity index (χ3n) is 7.24. The van der Waals surface area contributed by atoms with Crippen molar-refractivity contribution < 1.29 is 26.7 Å². The second-order valence-electron chi connectivity index (χ2n) is 9.77. The molecule has 0 N–H and O–H groups in total. The van der Waals surface area contributed by atoms with Crippen LogP contribution < -0.4 is 4.74 Å². The molecule has 1 aliphatic carbocycles. The summed E-state index contributed by atoms with van der Waals surface area (Å²) in [5.41, 5.74) is 0.681. The third kappa shape index (κ3) is 5.74. The van der Waals surface area contributed by atoms with E-state index >= 15 is 8.78 Å². The largest absolute Gasteiger partial charge is 0.453 e. The number of halogens is 5. The number of ether oxygens (including phenoxy) is 1. The first kappa shape index (κ1) is 26.2. The number of para-hydroxylation sites is 1. The van der Waals surface area contributed by atoms with Crippen molar-refractivity contribution in [1.82, 2.24) is 0 Å². The average Bonchev–Trinajstić information content (AvgIpc) is 2.86. The topological polar surface area (TPSA) is 9.23 Å². The molecule has 1 nitrogen and oxygen atoms in total. The number of unbranched alkanes of at least 4 members (excludes halogenated alkanes) is 1.